The maximum Gasteiger partial charge on any atom is 0.293 e. The summed E-state index contributed by atoms with van der Waals surface area (Å²) in [5.41, 5.74) is 3.22. The third-order valence-electron chi connectivity index (χ3n) is 5.38. The van der Waals surface area contributed by atoms with Gasteiger partial charge < -0.3 is 9.32 Å². The van der Waals surface area contributed by atoms with Gasteiger partial charge in [-0.15, -0.1) is 0 Å². The molecule has 132 valence electrons. The van der Waals surface area contributed by atoms with Crippen molar-refractivity contribution in [3.8, 4) is 0 Å². The van der Waals surface area contributed by atoms with E-state index >= 15 is 0 Å². The Morgan fingerprint density at radius 3 is 2.81 bits per heavy atom. The molecule has 1 amide bonds. The van der Waals surface area contributed by atoms with Gasteiger partial charge in [-0.1, -0.05) is 18.2 Å². The molecule has 1 aliphatic carbocycles. The van der Waals surface area contributed by atoms with Gasteiger partial charge in [0.1, 0.15) is 0 Å². The molecular weight excluding hydrogens is 326 g/mol. The number of rotatable bonds is 4. The lowest BCUT2D eigenvalue weighted by atomic mass is 9.87. The summed E-state index contributed by atoms with van der Waals surface area (Å²) >= 11 is 0. The molecule has 5 rings (SSSR count). The Labute approximate surface area is 152 Å². The summed E-state index contributed by atoms with van der Waals surface area (Å²) in [6.07, 6.45) is 7.15. The first-order valence-electron chi connectivity index (χ1n) is 9.27. The van der Waals surface area contributed by atoms with Crippen LogP contribution in [0.25, 0.3) is 0 Å². The van der Waals surface area contributed by atoms with E-state index in [-0.39, 0.29) is 11.8 Å². The van der Waals surface area contributed by atoms with Gasteiger partial charge in [0.05, 0.1) is 12.0 Å². The van der Waals surface area contributed by atoms with Crippen molar-refractivity contribution in [2.45, 2.75) is 31.7 Å². The molecule has 0 spiro atoms. The third-order valence-corrected chi connectivity index (χ3v) is 5.38. The summed E-state index contributed by atoms with van der Waals surface area (Å²) in [5.74, 6) is 1.34. The lowest BCUT2D eigenvalue weighted by Crippen LogP contribution is -2.36. The average molecular weight is 347 g/mol. The second-order valence-electron chi connectivity index (χ2n) is 7.24. The number of hydrogen-bond acceptors (Lipinski definition) is 3. The Morgan fingerprint density at radius 1 is 1.12 bits per heavy atom. The Kier molecular flexibility index (Phi) is 3.66. The van der Waals surface area contributed by atoms with E-state index in [0.29, 0.717) is 12.3 Å². The number of benzene rings is 1. The van der Waals surface area contributed by atoms with E-state index in [1.54, 1.807) is 18.4 Å². The number of anilines is 1. The number of aromatic nitrogens is 2. The summed E-state index contributed by atoms with van der Waals surface area (Å²) in [7, 11) is 0. The quantitative estimate of drug-likeness (QED) is 0.715. The molecule has 0 unspecified atom stereocenters. The van der Waals surface area contributed by atoms with Crippen LogP contribution >= 0.6 is 0 Å². The highest BCUT2D eigenvalue weighted by Gasteiger charge is 2.32. The minimum absolute atomic E-state index is 0.0832. The topological polar surface area (TPSA) is 51.3 Å². The molecule has 0 bridgehead atoms. The maximum atomic E-state index is 12.8. The molecule has 1 fully saturated rings. The van der Waals surface area contributed by atoms with Crippen LogP contribution in [0.4, 0.5) is 5.69 Å². The Morgan fingerprint density at radius 2 is 2.00 bits per heavy atom. The van der Waals surface area contributed by atoms with Gasteiger partial charge in [-0.3, -0.25) is 9.48 Å². The van der Waals surface area contributed by atoms with Gasteiger partial charge in [-0.2, -0.15) is 5.10 Å². The van der Waals surface area contributed by atoms with E-state index in [1.165, 1.54) is 12.8 Å². The van der Waals surface area contributed by atoms with E-state index in [9.17, 15) is 4.79 Å². The van der Waals surface area contributed by atoms with Crippen LogP contribution in [0.15, 0.2) is 59.3 Å². The molecule has 3 aromatic rings. The maximum absolute atomic E-state index is 12.8. The van der Waals surface area contributed by atoms with E-state index in [4.69, 9.17) is 9.52 Å². The summed E-state index contributed by atoms with van der Waals surface area (Å²) in [6.45, 7) is 1.69. The molecule has 1 atom stereocenters. The van der Waals surface area contributed by atoms with Gasteiger partial charge in [0.25, 0.3) is 5.91 Å². The Bertz CT molecular complexity index is 924. The van der Waals surface area contributed by atoms with E-state index in [1.807, 2.05) is 23.1 Å². The van der Waals surface area contributed by atoms with Crippen molar-refractivity contribution >= 4 is 11.6 Å². The number of hydrogen-bond donors (Lipinski definition) is 0. The number of amides is 1. The molecule has 1 saturated carbocycles. The fraction of sp³-hybridized carbons (Fsp3) is 0.333. The predicted molar refractivity (Wildman–Crippen MR) is 98.2 cm³/mol. The van der Waals surface area contributed by atoms with Gasteiger partial charge >= 0.3 is 0 Å². The standard InChI is InChI=1S/C21H21N3O2/c25-21(20-6-3-13-26-20)24-12-9-16(17-4-1-2-5-19(17)24)18-10-11-23(22-18)14-15-7-8-15/h1-6,10-11,13,15-16H,7-9,12,14H2/t16-/m1/s1. The number of carbonyl (C=O) groups excluding carboxylic acids is 1. The van der Waals surface area contributed by atoms with Crippen molar-refractivity contribution < 1.29 is 9.21 Å². The average Bonchev–Trinajstić information content (AvgIpc) is 3.12. The molecule has 2 aromatic heterocycles. The van der Waals surface area contributed by atoms with Crippen LogP contribution < -0.4 is 4.90 Å². The van der Waals surface area contributed by atoms with Crippen LogP contribution in [0.5, 0.6) is 0 Å². The smallest absolute Gasteiger partial charge is 0.293 e. The normalized spacial score (nSPS) is 19.4. The van der Waals surface area contributed by atoms with Crippen molar-refractivity contribution in [1.82, 2.24) is 9.78 Å². The van der Waals surface area contributed by atoms with Gasteiger partial charge in [0.15, 0.2) is 5.76 Å². The van der Waals surface area contributed by atoms with E-state index in [2.05, 4.69) is 23.0 Å². The largest absolute Gasteiger partial charge is 0.459 e. The van der Waals surface area contributed by atoms with Crippen LogP contribution in [0.1, 0.15) is 47.0 Å². The first-order valence-corrected chi connectivity index (χ1v) is 9.27. The SMILES string of the molecule is O=C(c1ccco1)N1CC[C@@H](c2ccn(CC3CC3)n2)c2ccccc21. The van der Waals surface area contributed by atoms with Crippen molar-refractivity contribution in [3.05, 3.63) is 71.9 Å². The molecule has 3 heterocycles. The highest BCUT2D eigenvalue weighted by molar-refractivity contribution is 6.05. The minimum Gasteiger partial charge on any atom is -0.459 e. The lowest BCUT2D eigenvalue weighted by Gasteiger charge is -2.33. The monoisotopic (exact) mass is 347 g/mol. The molecular formula is C21H21N3O2. The summed E-state index contributed by atoms with van der Waals surface area (Å²) in [5, 5.41) is 4.83. The number of para-hydroxylation sites is 1. The zero-order chi connectivity index (χ0) is 17.5. The summed E-state index contributed by atoms with van der Waals surface area (Å²) < 4.78 is 7.39. The number of furan rings is 1. The van der Waals surface area contributed by atoms with Crippen LogP contribution in [0, 0.1) is 5.92 Å². The zero-order valence-electron chi connectivity index (χ0n) is 14.5. The first kappa shape index (κ1) is 15.4. The Hall–Kier alpha value is -2.82. The van der Waals surface area contributed by atoms with Crippen LogP contribution in [0.2, 0.25) is 0 Å². The molecule has 1 aliphatic heterocycles. The molecule has 0 N–H and O–H groups in total. The molecule has 0 radical (unpaired) electrons. The molecule has 1 aromatic carbocycles. The van der Waals surface area contributed by atoms with Crippen LogP contribution in [-0.2, 0) is 6.54 Å². The first-order chi connectivity index (χ1) is 12.8. The van der Waals surface area contributed by atoms with Gasteiger partial charge in [-0.25, -0.2) is 0 Å². The molecule has 26 heavy (non-hydrogen) atoms. The second-order valence-corrected chi connectivity index (χ2v) is 7.24. The van der Waals surface area contributed by atoms with Crippen molar-refractivity contribution in [2.75, 3.05) is 11.4 Å². The number of fused-ring (bicyclic) bond motifs is 1. The highest BCUT2D eigenvalue weighted by Crippen LogP contribution is 2.39. The summed E-state index contributed by atoms with van der Waals surface area (Å²) in [4.78, 5) is 14.6. The van der Waals surface area contributed by atoms with Gasteiger partial charge in [0, 0.05) is 30.9 Å². The van der Waals surface area contributed by atoms with E-state index < -0.39 is 0 Å². The minimum atomic E-state index is -0.0832. The molecule has 0 saturated heterocycles. The molecule has 2 aliphatic rings. The van der Waals surface area contributed by atoms with E-state index in [0.717, 1.165) is 35.8 Å². The van der Waals surface area contributed by atoms with Crippen molar-refractivity contribution in [2.24, 2.45) is 5.92 Å². The second kappa shape index (κ2) is 6.16. The molecule has 5 heteroatoms. The summed E-state index contributed by atoms with van der Waals surface area (Å²) in [6, 6.07) is 13.7. The van der Waals surface area contributed by atoms with Gasteiger partial charge in [-0.05, 0) is 55.0 Å². The van der Waals surface area contributed by atoms with Crippen LogP contribution in [-0.4, -0.2) is 22.2 Å². The van der Waals surface area contributed by atoms with Crippen molar-refractivity contribution in [3.63, 3.8) is 0 Å². The van der Waals surface area contributed by atoms with Gasteiger partial charge in [0.2, 0.25) is 0 Å². The zero-order valence-corrected chi connectivity index (χ0v) is 14.5. The fourth-order valence-electron chi connectivity index (χ4n) is 3.84. The highest BCUT2D eigenvalue weighted by atomic mass is 16.3. The van der Waals surface area contributed by atoms with Crippen LogP contribution in [0.3, 0.4) is 0 Å². The predicted octanol–water partition coefficient (Wildman–Crippen LogP) is 4.07. The number of carbonyl (C=O) groups is 1. The number of nitrogens with zero attached hydrogens (tertiary/aromatic N) is 3. The fourth-order valence-corrected chi connectivity index (χ4v) is 3.84. The Balaban J connectivity index is 1.46. The van der Waals surface area contributed by atoms with Crippen molar-refractivity contribution in [1.29, 1.82) is 0 Å². The third kappa shape index (κ3) is 2.73. The lowest BCUT2D eigenvalue weighted by molar-refractivity contribution is 0.0958. The molecule has 5 nitrogen and oxygen atoms in total.